The largest absolute Gasteiger partial charge is 0.207 e. The van der Waals surface area contributed by atoms with Gasteiger partial charge in [0.25, 0.3) is 0 Å². The molecule has 2 heteroatoms. The van der Waals surface area contributed by atoms with E-state index in [0.717, 1.165) is 30.4 Å². The van der Waals surface area contributed by atoms with Crippen LogP contribution in [0.1, 0.15) is 31.7 Å². The quantitative estimate of drug-likeness (QED) is 0.586. The Labute approximate surface area is 118 Å². The Morgan fingerprint density at radius 2 is 1.50 bits per heavy atom. The summed E-state index contributed by atoms with van der Waals surface area (Å²) in [7, 11) is 0. The van der Waals surface area contributed by atoms with Crippen LogP contribution in [-0.2, 0) is 0 Å². The highest BCUT2D eigenvalue weighted by atomic mass is 19.1. The summed E-state index contributed by atoms with van der Waals surface area (Å²) < 4.78 is 26.7. The van der Waals surface area contributed by atoms with Crippen LogP contribution in [0.5, 0.6) is 0 Å². The molecule has 0 heterocycles. The Bertz CT molecular complexity index is 565. The van der Waals surface area contributed by atoms with Crippen LogP contribution in [0, 0.1) is 5.82 Å². The Morgan fingerprint density at radius 3 is 2.05 bits per heavy atom. The Kier molecular flexibility index (Phi) is 5.05. The minimum atomic E-state index is -0.254. The second-order valence-corrected chi connectivity index (χ2v) is 4.78. The van der Waals surface area contributed by atoms with Crippen LogP contribution in [-0.4, -0.2) is 0 Å². The maximum Gasteiger partial charge on any atom is 0.126 e. The van der Waals surface area contributed by atoms with Crippen molar-refractivity contribution in [3.63, 3.8) is 0 Å². The zero-order chi connectivity index (χ0) is 14.4. The maximum absolute atomic E-state index is 13.9. The van der Waals surface area contributed by atoms with Crippen molar-refractivity contribution < 1.29 is 8.78 Å². The van der Waals surface area contributed by atoms with E-state index in [9.17, 15) is 8.78 Å². The molecule has 0 atom stereocenters. The molecule has 0 amide bonds. The smallest absolute Gasteiger partial charge is 0.126 e. The average Bonchev–Trinajstić information content (AvgIpc) is 2.48. The summed E-state index contributed by atoms with van der Waals surface area (Å²) in [4.78, 5) is 0. The molecule has 104 valence electrons. The normalized spacial score (nSPS) is 11.7. The van der Waals surface area contributed by atoms with Crippen molar-refractivity contribution in [2.24, 2.45) is 0 Å². The van der Waals surface area contributed by atoms with Gasteiger partial charge in [-0.25, -0.2) is 8.78 Å². The number of halogens is 2. The minimum absolute atomic E-state index is 0.177. The first kappa shape index (κ1) is 14.4. The van der Waals surface area contributed by atoms with Crippen LogP contribution >= 0.6 is 0 Å². The predicted octanol–water partition coefficient (Wildman–Crippen LogP) is 5.99. The van der Waals surface area contributed by atoms with Gasteiger partial charge in [-0.3, -0.25) is 0 Å². The molecule has 0 aliphatic rings. The zero-order valence-corrected chi connectivity index (χ0v) is 11.6. The molecule has 2 aromatic rings. The van der Waals surface area contributed by atoms with Gasteiger partial charge >= 0.3 is 0 Å². The SMILES string of the molecule is CCCCC=C(F)c1ccc(-c2ccc(F)cc2)cc1. The van der Waals surface area contributed by atoms with E-state index in [2.05, 4.69) is 6.92 Å². The molecule has 0 nitrogen and oxygen atoms in total. The fraction of sp³-hybridized carbons (Fsp3) is 0.222. The summed E-state index contributed by atoms with van der Waals surface area (Å²) in [5.74, 6) is -0.431. The van der Waals surface area contributed by atoms with Gasteiger partial charge in [-0.2, -0.15) is 0 Å². The second-order valence-electron chi connectivity index (χ2n) is 4.78. The first-order valence-electron chi connectivity index (χ1n) is 6.92. The highest BCUT2D eigenvalue weighted by molar-refractivity contribution is 5.67. The molecule has 0 radical (unpaired) electrons. The molecule has 0 bridgehead atoms. The highest BCUT2D eigenvalue weighted by Crippen LogP contribution is 2.23. The first-order valence-corrected chi connectivity index (χ1v) is 6.92. The molecular formula is C18H18F2. The zero-order valence-electron chi connectivity index (χ0n) is 11.6. The van der Waals surface area contributed by atoms with Crippen LogP contribution in [0.4, 0.5) is 8.78 Å². The van der Waals surface area contributed by atoms with Crippen molar-refractivity contribution in [1.82, 2.24) is 0 Å². The monoisotopic (exact) mass is 272 g/mol. The van der Waals surface area contributed by atoms with Gasteiger partial charge in [-0.1, -0.05) is 49.7 Å². The topological polar surface area (TPSA) is 0 Å². The van der Waals surface area contributed by atoms with Crippen LogP contribution in [0.2, 0.25) is 0 Å². The van der Waals surface area contributed by atoms with Gasteiger partial charge in [0.05, 0.1) is 0 Å². The van der Waals surface area contributed by atoms with Gasteiger partial charge in [-0.05, 0) is 42.2 Å². The van der Waals surface area contributed by atoms with Crippen molar-refractivity contribution in [2.45, 2.75) is 26.2 Å². The third kappa shape index (κ3) is 3.77. The van der Waals surface area contributed by atoms with E-state index in [1.807, 2.05) is 12.1 Å². The molecule has 0 spiro atoms. The molecule has 0 saturated carbocycles. The van der Waals surface area contributed by atoms with Crippen LogP contribution in [0.25, 0.3) is 17.0 Å². The molecule has 2 aromatic carbocycles. The summed E-state index contributed by atoms with van der Waals surface area (Å²) >= 11 is 0. The molecule has 0 N–H and O–H groups in total. The summed E-state index contributed by atoms with van der Waals surface area (Å²) in [6.07, 6.45) is 4.47. The van der Waals surface area contributed by atoms with Gasteiger partial charge in [0.1, 0.15) is 11.6 Å². The number of allylic oxidation sites excluding steroid dienone is 1. The van der Waals surface area contributed by atoms with Gasteiger partial charge in [0.15, 0.2) is 0 Å². The van der Waals surface area contributed by atoms with Crippen molar-refractivity contribution in [3.8, 4) is 11.1 Å². The van der Waals surface area contributed by atoms with Crippen molar-refractivity contribution in [3.05, 3.63) is 66.0 Å². The molecule has 0 aliphatic carbocycles. The number of hydrogen-bond donors (Lipinski definition) is 0. The predicted molar refractivity (Wildman–Crippen MR) is 80.4 cm³/mol. The van der Waals surface area contributed by atoms with Crippen LogP contribution in [0.3, 0.4) is 0 Å². The molecule has 0 aliphatic heterocycles. The number of benzene rings is 2. The Balaban J connectivity index is 2.13. The lowest BCUT2D eigenvalue weighted by atomic mass is 10.0. The lowest BCUT2D eigenvalue weighted by Gasteiger charge is -2.03. The third-order valence-corrected chi connectivity index (χ3v) is 3.22. The van der Waals surface area contributed by atoms with Gasteiger partial charge < -0.3 is 0 Å². The van der Waals surface area contributed by atoms with E-state index in [1.165, 1.54) is 12.1 Å². The lowest BCUT2D eigenvalue weighted by Crippen LogP contribution is -1.82. The van der Waals surface area contributed by atoms with Gasteiger partial charge in [0.2, 0.25) is 0 Å². The van der Waals surface area contributed by atoms with Gasteiger partial charge in [0, 0.05) is 5.56 Å². The molecule has 20 heavy (non-hydrogen) atoms. The van der Waals surface area contributed by atoms with Gasteiger partial charge in [-0.15, -0.1) is 0 Å². The van der Waals surface area contributed by atoms with Crippen molar-refractivity contribution in [2.75, 3.05) is 0 Å². The van der Waals surface area contributed by atoms with E-state index in [4.69, 9.17) is 0 Å². The van der Waals surface area contributed by atoms with Crippen LogP contribution in [0.15, 0.2) is 54.6 Å². The van der Waals surface area contributed by atoms with E-state index in [1.54, 1.807) is 30.3 Å². The number of rotatable bonds is 5. The van der Waals surface area contributed by atoms with E-state index < -0.39 is 0 Å². The summed E-state index contributed by atoms with van der Waals surface area (Å²) in [6, 6.07) is 13.5. The van der Waals surface area contributed by atoms with E-state index in [-0.39, 0.29) is 11.6 Å². The van der Waals surface area contributed by atoms with Crippen LogP contribution < -0.4 is 0 Å². The third-order valence-electron chi connectivity index (χ3n) is 3.22. The molecule has 0 unspecified atom stereocenters. The van der Waals surface area contributed by atoms with E-state index in [0.29, 0.717) is 5.56 Å². The fourth-order valence-electron chi connectivity index (χ4n) is 2.01. The molecule has 0 fully saturated rings. The number of unbranched alkanes of at least 4 members (excludes halogenated alkanes) is 2. The Morgan fingerprint density at radius 1 is 0.950 bits per heavy atom. The molecular weight excluding hydrogens is 254 g/mol. The number of hydrogen-bond acceptors (Lipinski definition) is 0. The van der Waals surface area contributed by atoms with Crippen molar-refractivity contribution in [1.29, 1.82) is 0 Å². The van der Waals surface area contributed by atoms with E-state index >= 15 is 0 Å². The molecule has 0 aromatic heterocycles. The average molecular weight is 272 g/mol. The maximum atomic E-state index is 13.9. The van der Waals surface area contributed by atoms with Crippen molar-refractivity contribution >= 4 is 5.83 Å². The highest BCUT2D eigenvalue weighted by Gasteiger charge is 2.02. The first-order chi connectivity index (χ1) is 9.70. The summed E-state index contributed by atoms with van der Waals surface area (Å²) in [6.45, 7) is 2.09. The summed E-state index contributed by atoms with van der Waals surface area (Å²) in [5, 5.41) is 0. The summed E-state index contributed by atoms with van der Waals surface area (Å²) in [5.41, 5.74) is 2.47. The molecule has 0 saturated heterocycles. The fourth-order valence-corrected chi connectivity index (χ4v) is 2.01. The lowest BCUT2D eigenvalue weighted by molar-refractivity contribution is 0.628. The molecule has 2 rings (SSSR count). The minimum Gasteiger partial charge on any atom is -0.207 e. The second kappa shape index (κ2) is 6.99. The standard InChI is InChI=1S/C18H18F2/c1-2-3-4-5-18(20)16-8-6-14(7-9-16)15-10-12-17(19)13-11-15/h5-13H,2-4H2,1H3. The Hall–Kier alpha value is -1.96.